The minimum Gasteiger partial charge on any atom is -0.493 e. The highest BCUT2D eigenvalue weighted by Crippen LogP contribution is 2.31. The maximum Gasteiger partial charge on any atom is 0.248 e. The number of hydrogen-bond acceptors (Lipinski definition) is 4. The SMILES string of the molecule is COc1ccc(NC(=O)/C=C/C(C)(C)C)cc1OCc1cccnc1. The molecule has 1 amide bonds. The number of methoxy groups -OCH3 is 1. The number of carbonyl (C=O) groups is 1. The Bertz CT molecular complexity index is 734. The first-order valence-electron chi connectivity index (χ1n) is 8.07. The molecule has 5 heteroatoms. The van der Waals surface area contributed by atoms with E-state index in [1.54, 1.807) is 43.8 Å². The van der Waals surface area contributed by atoms with Crippen molar-refractivity contribution in [2.45, 2.75) is 27.4 Å². The van der Waals surface area contributed by atoms with Crippen molar-refractivity contribution in [3.63, 3.8) is 0 Å². The molecule has 132 valence electrons. The monoisotopic (exact) mass is 340 g/mol. The van der Waals surface area contributed by atoms with Crippen LogP contribution in [0.5, 0.6) is 11.5 Å². The molecule has 0 spiro atoms. The van der Waals surface area contributed by atoms with Gasteiger partial charge in [-0.3, -0.25) is 9.78 Å². The van der Waals surface area contributed by atoms with Gasteiger partial charge in [-0.25, -0.2) is 0 Å². The first-order chi connectivity index (χ1) is 11.9. The zero-order valence-electron chi connectivity index (χ0n) is 15.1. The third kappa shape index (κ3) is 6.30. The van der Waals surface area contributed by atoms with Crippen LogP contribution in [0.4, 0.5) is 5.69 Å². The molecule has 0 atom stereocenters. The number of ether oxygens (including phenoxy) is 2. The molecular formula is C20H24N2O3. The predicted molar refractivity (Wildman–Crippen MR) is 98.8 cm³/mol. The van der Waals surface area contributed by atoms with Gasteiger partial charge in [0, 0.05) is 29.7 Å². The normalized spacial score (nSPS) is 11.4. The molecule has 0 saturated carbocycles. The Morgan fingerprint density at radius 2 is 2.04 bits per heavy atom. The number of carbonyl (C=O) groups excluding carboxylic acids is 1. The van der Waals surface area contributed by atoms with Gasteiger partial charge in [0.15, 0.2) is 11.5 Å². The Labute approximate surface area is 148 Å². The summed E-state index contributed by atoms with van der Waals surface area (Å²) in [5.41, 5.74) is 1.55. The molecule has 0 aliphatic rings. The Hall–Kier alpha value is -2.82. The summed E-state index contributed by atoms with van der Waals surface area (Å²) in [6.45, 7) is 6.48. The van der Waals surface area contributed by atoms with Gasteiger partial charge in [0.2, 0.25) is 5.91 Å². The summed E-state index contributed by atoms with van der Waals surface area (Å²) >= 11 is 0. The molecule has 2 aromatic rings. The average molecular weight is 340 g/mol. The summed E-state index contributed by atoms with van der Waals surface area (Å²) in [6, 6.07) is 9.08. The summed E-state index contributed by atoms with van der Waals surface area (Å²) in [6.07, 6.45) is 6.87. The molecule has 25 heavy (non-hydrogen) atoms. The van der Waals surface area contributed by atoms with Crippen molar-refractivity contribution in [3.05, 3.63) is 60.4 Å². The van der Waals surface area contributed by atoms with Gasteiger partial charge in [-0.1, -0.05) is 32.9 Å². The van der Waals surface area contributed by atoms with Crippen LogP contribution in [0, 0.1) is 5.41 Å². The summed E-state index contributed by atoms with van der Waals surface area (Å²) in [4.78, 5) is 16.1. The molecule has 0 saturated heterocycles. The van der Waals surface area contributed by atoms with E-state index < -0.39 is 0 Å². The van der Waals surface area contributed by atoms with Crippen molar-refractivity contribution in [1.29, 1.82) is 0 Å². The standard InChI is InChI=1S/C20H24N2O3/c1-20(2,3)10-9-19(23)22-16-7-8-17(24-4)18(12-16)25-14-15-6-5-11-21-13-15/h5-13H,14H2,1-4H3,(H,22,23)/b10-9+. The number of amides is 1. The lowest BCUT2D eigenvalue weighted by atomic mass is 9.96. The molecule has 0 fully saturated rings. The predicted octanol–water partition coefficient (Wildman–Crippen LogP) is 4.21. The molecular weight excluding hydrogens is 316 g/mol. The van der Waals surface area contributed by atoms with E-state index in [1.165, 1.54) is 0 Å². The Balaban J connectivity index is 2.08. The Kier molecular flexibility index (Phi) is 6.17. The van der Waals surface area contributed by atoms with Crippen LogP contribution in [0.1, 0.15) is 26.3 Å². The third-order valence-electron chi connectivity index (χ3n) is 3.28. The number of aromatic nitrogens is 1. The summed E-state index contributed by atoms with van der Waals surface area (Å²) in [5.74, 6) is 0.981. The fourth-order valence-electron chi connectivity index (χ4n) is 2.02. The first-order valence-corrected chi connectivity index (χ1v) is 8.07. The van der Waals surface area contributed by atoms with E-state index in [0.717, 1.165) is 5.56 Å². The number of pyridine rings is 1. The molecule has 1 N–H and O–H groups in total. The number of anilines is 1. The highest BCUT2D eigenvalue weighted by molar-refractivity contribution is 5.99. The molecule has 2 rings (SSSR count). The van der Waals surface area contributed by atoms with Crippen LogP contribution >= 0.6 is 0 Å². The molecule has 0 bridgehead atoms. The second-order valence-electron chi connectivity index (χ2n) is 6.70. The molecule has 0 aliphatic carbocycles. The zero-order chi connectivity index (χ0) is 18.3. The maximum absolute atomic E-state index is 12.0. The molecule has 0 radical (unpaired) electrons. The van der Waals surface area contributed by atoms with Crippen molar-refractivity contribution < 1.29 is 14.3 Å². The lowest BCUT2D eigenvalue weighted by Gasteiger charge is -2.13. The van der Waals surface area contributed by atoms with E-state index in [9.17, 15) is 4.79 Å². The van der Waals surface area contributed by atoms with Crippen LogP contribution in [0.2, 0.25) is 0 Å². The highest BCUT2D eigenvalue weighted by atomic mass is 16.5. The summed E-state index contributed by atoms with van der Waals surface area (Å²) < 4.78 is 11.1. The van der Waals surface area contributed by atoms with Gasteiger partial charge < -0.3 is 14.8 Å². The molecule has 1 heterocycles. The number of hydrogen-bond donors (Lipinski definition) is 1. The van der Waals surface area contributed by atoms with Crippen LogP contribution in [0.3, 0.4) is 0 Å². The molecule has 0 unspecified atom stereocenters. The quantitative estimate of drug-likeness (QED) is 0.800. The Morgan fingerprint density at radius 3 is 2.68 bits per heavy atom. The van der Waals surface area contributed by atoms with Gasteiger partial charge >= 0.3 is 0 Å². The number of nitrogens with one attached hydrogen (secondary N) is 1. The van der Waals surface area contributed by atoms with Gasteiger partial charge in [-0.2, -0.15) is 0 Å². The minimum atomic E-state index is -0.182. The average Bonchev–Trinajstić information content (AvgIpc) is 2.59. The topological polar surface area (TPSA) is 60.5 Å². The van der Waals surface area contributed by atoms with Crippen LogP contribution in [-0.2, 0) is 11.4 Å². The maximum atomic E-state index is 12.0. The Morgan fingerprint density at radius 1 is 1.24 bits per heavy atom. The second-order valence-corrected chi connectivity index (χ2v) is 6.70. The smallest absolute Gasteiger partial charge is 0.248 e. The third-order valence-corrected chi connectivity index (χ3v) is 3.28. The fraction of sp³-hybridized carbons (Fsp3) is 0.300. The molecule has 5 nitrogen and oxygen atoms in total. The summed E-state index contributed by atoms with van der Waals surface area (Å²) in [7, 11) is 1.58. The van der Waals surface area contributed by atoms with Crippen LogP contribution in [0.15, 0.2) is 54.9 Å². The number of benzene rings is 1. The largest absolute Gasteiger partial charge is 0.493 e. The van der Waals surface area contributed by atoms with Crippen molar-refractivity contribution in [2.75, 3.05) is 12.4 Å². The van der Waals surface area contributed by atoms with E-state index >= 15 is 0 Å². The lowest BCUT2D eigenvalue weighted by molar-refractivity contribution is -0.112. The van der Waals surface area contributed by atoms with Crippen molar-refractivity contribution in [1.82, 2.24) is 4.98 Å². The fourth-order valence-corrected chi connectivity index (χ4v) is 2.02. The van der Waals surface area contributed by atoms with Crippen LogP contribution < -0.4 is 14.8 Å². The highest BCUT2D eigenvalue weighted by Gasteiger charge is 2.09. The van der Waals surface area contributed by atoms with E-state index in [2.05, 4.69) is 10.3 Å². The van der Waals surface area contributed by atoms with Gasteiger partial charge in [-0.05, 0) is 29.7 Å². The van der Waals surface area contributed by atoms with Gasteiger partial charge in [-0.15, -0.1) is 0 Å². The number of rotatable bonds is 6. The van der Waals surface area contributed by atoms with Gasteiger partial charge in [0.05, 0.1) is 7.11 Å². The van der Waals surface area contributed by atoms with Crippen LogP contribution in [0.25, 0.3) is 0 Å². The molecule has 0 aliphatic heterocycles. The van der Waals surface area contributed by atoms with Crippen LogP contribution in [-0.4, -0.2) is 18.0 Å². The van der Waals surface area contributed by atoms with Crippen molar-refractivity contribution >= 4 is 11.6 Å². The van der Waals surface area contributed by atoms with E-state index in [-0.39, 0.29) is 11.3 Å². The molecule has 1 aromatic carbocycles. The van der Waals surface area contributed by atoms with E-state index in [0.29, 0.717) is 23.8 Å². The lowest BCUT2D eigenvalue weighted by Crippen LogP contribution is -2.10. The van der Waals surface area contributed by atoms with Crippen molar-refractivity contribution in [2.24, 2.45) is 5.41 Å². The first kappa shape index (κ1) is 18.5. The van der Waals surface area contributed by atoms with Crippen molar-refractivity contribution in [3.8, 4) is 11.5 Å². The minimum absolute atomic E-state index is 0.0464. The van der Waals surface area contributed by atoms with E-state index in [1.807, 2.05) is 39.0 Å². The van der Waals surface area contributed by atoms with Gasteiger partial charge in [0.25, 0.3) is 0 Å². The molecule has 1 aromatic heterocycles. The van der Waals surface area contributed by atoms with E-state index in [4.69, 9.17) is 9.47 Å². The number of nitrogens with zero attached hydrogens (tertiary/aromatic N) is 1. The van der Waals surface area contributed by atoms with Gasteiger partial charge in [0.1, 0.15) is 6.61 Å². The zero-order valence-corrected chi connectivity index (χ0v) is 15.1. The second kappa shape index (κ2) is 8.33. The summed E-state index contributed by atoms with van der Waals surface area (Å²) in [5, 5.41) is 2.83. The number of allylic oxidation sites excluding steroid dienone is 1.